The predicted octanol–water partition coefficient (Wildman–Crippen LogP) is 4.00. The highest BCUT2D eigenvalue weighted by atomic mass is 32.2. The number of aromatic nitrogens is 6. The molecule has 9 nitrogen and oxygen atoms in total. The predicted molar refractivity (Wildman–Crippen MR) is 122 cm³/mol. The maximum Gasteiger partial charge on any atom is 0.215 e. The van der Waals surface area contributed by atoms with Crippen LogP contribution in [0.5, 0.6) is 11.5 Å². The number of rotatable bonds is 7. The lowest BCUT2D eigenvalue weighted by Crippen LogP contribution is -2.16. The Bertz CT molecular complexity index is 1250. The molecule has 1 aliphatic rings. The van der Waals surface area contributed by atoms with Crippen molar-refractivity contribution in [3.05, 3.63) is 29.4 Å². The van der Waals surface area contributed by atoms with Crippen LogP contribution in [0.3, 0.4) is 0 Å². The number of thiophene rings is 1. The van der Waals surface area contributed by atoms with Gasteiger partial charge in [0.1, 0.15) is 15.7 Å². The molecular formula is C21H22N6O3S2. The van der Waals surface area contributed by atoms with E-state index < -0.39 is 0 Å². The van der Waals surface area contributed by atoms with Crippen LogP contribution >= 0.6 is 23.1 Å². The lowest BCUT2D eigenvalue weighted by Gasteiger charge is -2.11. The van der Waals surface area contributed by atoms with Gasteiger partial charge in [0.25, 0.3) is 0 Å². The van der Waals surface area contributed by atoms with E-state index in [0.29, 0.717) is 29.0 Å². The summed E-state index contributed by atoms with van der Waals surface area (Å²) in [6.45, 7) is 3.33. The van der Waals surface area contributed by atoms with Crippen LogP contribution in [0.2, 0.25) is 0 Å². The third kappa shape index (κ3) is 4.03. The summed E-state index contributed by atoms with van der Waals surface area (Å²) in [6, 6.07) is 5.89. The summed E-state index contributed by atoms with van der Waals surface area (Å²) in [5.41, 5.74) is 2.04. The highest BCUT2D eigenvalue weighted by Gasteiger charge is 2.22. The molecule has 5 rings (SSSR count). The van der Waals surface area contributed by atoms with E-state index in [2.05, 4.69) is 25.9 Å². The lowest BCUT2D eigenvalue weighted by atomic mass is 10.1. The van der Waals surface area contributed by atoms with Gasteiger partial charge in [-0.05, 0) is 59.7 Å². The summed E-state index contributed by atoms with van der Waals surface area (Å²) in [7, 11) is 3.26. The van der Waals surface area contributed by atoms with Crippen molar-refractivity contribution < 1.29 is 14.2 Å². The van der Waals surface area contributed by atoms with Crippen LogP contribution in [-0.2, 0) is 11.3 Å². The van der Waals surface area contributed by atoms with E-state index in [1.54, 1.807) is 30.2 Å². The Morgan fingerprint density at radius 2 is 2.09 bits per heavy atom. The van der Waals surface area contributed by atoms with Gasteiger partial charge in [-0.25, -0.2) is 14.6 Å². The van der Waals surface area contributed by atoms with Crippen molar-refractivity contribution >= 4 is 33.3 Å². The number of aryl methyl sites for hydroxylation is 1. The van der Waals surface area contributed by atoms with Gasteiger partial charge in [0.2, 0.25) is 5.16 Å². The van der Waals surface area contributed by atoms with Crippen LogP contribution in [0, 0.1) is 6.92 Å². The number of hydrogen-bond donors (Lipinski definition) is 0. The second-order valence-corrected chi connectivity index (χ2v) is 9.17. The zero-order valence-electron chi connectivity index (χ0n) is 17.9. The summed E-state index contributed by atoms with van der Waals surface area (Å²) < 4.78 is 18.4. The Kier molecular flexibility index (Phi) is 5.94. The Balaban J connectivity index is 1.55. The molecule has 4 heterocycles. The number of tetrazole rings is 1. The van der Waals surface area contributed by atoms with Gasteiger partial charge in [-0.3, -0.25) is 0 Å². The van der Waals surface area contributed by atoms with Crippen molar-refractivity contribution in [1.29, 1.82) is 0 Å². The monoisotopic (exact) mass is 470 g/mol. The molecule has 0 spiro atoms. The SMILES string of the molecule is COc1ccc(-c2csc3nc(C)nc(Sc4nnnn4C[C@@H]4CCCO4)c23)cc1OC. The van der Waals surface area contributed by atoms with E-state index in [9.17, 15) is 0 Å². The average Bonchev–Trinajstić information content (AvgIpc) is 3.55. The van der Waals surface area contributed by atoms with Crippen molar-refractivity contribution in [3.8, 4) is 22.6 Å². The molecule has 0 saturated carbocycles. The molecule has 3 aromatic heterocycles. The quantitative estimate of drug-likeness (QED) is 0.371. The number of benzene rings is 1. The standard InChI is InChI=1S/C21H22N6O3S2/c1-12-22-19-18(15(11-31-19)13-6-7-16(28-2)17(9-13)29-3)20(23-12)32-21-24-25-26-27(21)10-14-5-4-8-30-14/h6-7,9,11,14H,4-5,8,10H2,1-3H3/t14-/m0/s1. The molecule has 0 bridgehead atoms. The molecule has 166 valence electrons. The minimum absolute atomic E-state index is 0.147. The first kappa shape index (κ1) is 21.1. The Labute approximate surface area is 193 Å². The minimum Gasteiger partial charge on any atom is -0.493 e. The van der Waals surface area contributed by atoms with Gasteiger partial charge < -0.3 is 14.2 Å². The molecule has 0 unspecified atom stereocenters. The number of hydrogen-bond acceptors (Lipinski definition) is 10. The van der Waals surface area contributed by atoms with E-state index in [0.717, 1.165) is 45.8 Å². The van der Waals surface area contributed by atoms with Crippen LogP contribution < -0.4 is 9.47 Å². The van der Waals surface area contributed by atoms with Gasteiger partial charge in [0.05, 0.1) is 32.3 Å². The highest BCUT2D eigenvalue weighted by Crippen LogP contribution is 2.42. The number of methoxy groups -OCH3 is 2. The normalized spacial score (nSPS) is 16.0. The molecule has 4 aromatic rings. The summed E-state index contributed by atoms with van der Waals surface area (Å²) >= 11 is 3.04. The maximum atomic E-state index is 5.75. The Hall–Kier alpha value is -2.76. The second-order valence-electron chi connectivity index (χ2n) is 7.36. The number of nitrogens with zero attached hydrogens (tertiary/aromatic N) is 6. The van der Waals surface area contributed by atoms with E-state index in [4.69, 9.17) is 19.2 Å². The molecule has 1 fully saturated rings. The zero-order chi connectivity index (χ0) is 22.1. The fraction of sp³-hybridized carbons (Fsp3) is 0.381. The molecule has 1 aromatic carbocycles. The molecule has 1 saturated heterocycles. The van der Waals surface area contributed by atoms with Crippen molar-refractivity contribution in [1.82, 2.24) is 30.2 Å². The van der Waals surface area contributed by atoms with Crippen molar-refractivity contribution in [2.45, 2.75) is 42.6 Å². The largest absolute Gasteiger partial charge is 0.493 e. The van der Waals surface area contributed by atoms with Gasteiger partial charge in [-0.1, -0.05) is 6.07 Å². The third-order valence-electron chi connectivity index (χ3n) is 5.29. The molecule has 0 aliphatic carbocycles. The Morgan fingerprint density at radius 1 is 1.22 bits per heavy atom. The summed E-state index contributed by atoms with van der Waals surface area (Å²) in [5.74, 6) is 2.07. The van der Waals surface area contributed by atoms with Crippen LogP contribution in [0.1, 0.15) is 18.7 Å². The van der Waals surface area contributed by atoms with Crippen LogP contribution in [-0.4, -0.2) is 57.1 Å². The molecular weight excluding hydrogens is 448 g/mol. The van der Waals surface area contributed by atoms with Crippen molar-refractivity contribution in [2.24, 2.45) is 0 Å². The summed E-state index contributed by atoms with van der Waals surface area (Å²) in [4.78, 5) is 10.3. The summed E-state index contributed by atoms with van der Waals surface area (Å²) in [5, 5.41) is 16.9. The molecule has 0 N–H and O–H groups in total. The van der Waals surface area contributed by atoms with E-state index in [1.807, 2.05) is 25.1 Å². The number of ether oxygens (including phenoxy) is 3. The van der Waals surface area contributed by atoms with Gasteiger partial charge in [-0.2, -0.15) is 0 Å². The third-order valence-corrected chi connectivity index (χ3v) is 7.13. The van der Waals surface area contributed by atoms with Crippen LogP contribution in [0.4, 0.5) is 0 Å². The second kappa shape index (κ2) is 9.00. The van der Waals surface area contributed by atoms with E-state index in [-0.39, 0.29) is 6.10 Å². The maximum absolute atomic E-state index is 5.75. The average molecular weight is 471 g/mol. The smallest absolute Gasteiger partial charge is 0.215 e. The van der Waals surface area contributed by atoms with Gasteiger partial charge in [-0.15, -0.1) is 16.4 Å². The fourth-order valence-corrected chi connectivity index (χ4v) is 5.76. The first-order chi connectivity index (χ1) is 15.7. The van der Waals surface area contributed by atoms with Crippen LogP contribution in [0.25, 0.3) is 21.3 Å². The lowest BCUT2D eigenvalue weighted by molar-refractivity contribution is 0.0912. The van der Waals surface area contributed by atoms with Gasteiger partial charge in [0, 0.05) is 17.6 Å². The molecule has 1 atom stereocenters. The molecule has 0 amide bonds. The summed E-state index contributed by atoms with van der Waals surface area (Å²) in [6.07, 6.45) is 2.24. The Morgan fingerprint density at radius 3 is 2.88 bits per heavy atom. The van der Waals surface area contributed by atoms with E-state index in [1.165, 1.54) is 11.8 Å². The van der Waals surface area contributed by atoms with Gasteiger partial charge >= 0.3 is 0 Å². The molecule has 11 heteroatoms. The zero-order valence-corrected chi connectivity index (χ0v) is 19.6. The molecule has 1 aliphatic heterocycles. The van der Waals surface area contributed by atoms with Crippen molar-refractivity contribution in [2.75, 3.05) is 20.8 Å². The van der Waals surface area contributed by atoms with Gasteiger partial charge in [0.15, 0.2) is 11.5 Å². The van der Waals surface area contributed by atoms with Crippen molar-refractivity contribution in [3.63, 3.8) is 0 Å². The first-order valence-corrected chi connectivity index (χ1v) is 11.9. The minimum atomic E-state index is 0.147. The van der Waals surface area contributed by atoms with E-state index >= 15 is 0 Å². The fourth-order valence-electron chi connectivity index (χ4n) is 3.75. The number of fused-ring (bicyclic) bond motifs is 1. The topological polar surface area (TPSA) is 97.1 Å². The highest BCUT2D eigenvalue weighted by molar-refractivity contribution is 7.99. The molecule has 0 radical (unpaired) electrons. The molecule has 32 heavy (non-hydrogen) atoms. The van der Waals surface area contributed by atoms with Crippen LogP contribution in [0.15, 0.2) is 33.8 Å². The first-order valence-electron chi connectivity index (χ1n) is 10.2.